The number of carbonyl (C=O) groups excluding carboxylic acids is 1. The number of nitro benzene ring substituents is 1. The van der Waals surface area contributed by atoms with Crippen LogP contribution in [0.25, 0.3) is 0 Å². The highest BCUT2D eigenvalue weighted by Crippen LogP contribution is 2.60. The number of hydrogen-bond acceptors (Lipinski definition) is 12. The Morgan fingerprint density at radius 3 is 2.14 bits per heavy atom. The lowest BCUT2D eigenvalue weighted by atomic mass is 10.2. The first kappa shape index (κ1) is 28.4. The number of methoxy groups -OCH3 is 2. The van der Waals surface area contributed by atoms with Crippen molar-refractivity contribution < 1.29 is 37.5 Å². The molecule has 2 aromatic carbocycles. The van der Waals surface area contributed by atoms with Crippen molar-refractivity contribution in [1.82, 2.24) is 9.97 Å². The number of carbonyl (C=O) groups is 1. The smallest absolute Gasteiger partial charge is 0.375 e. The van der Waals surface area contributed by atoms with E-state index in [0.717, 1.165) is 26.0 Å². The van der Waals surface area contributed by atoms with Crippen LogP contribution in [0.2, 0.25) is 5.02 Å². The molecule has 0 saturated carbocycles. The molecule has 1 aromatic heterocycles. The van der Waals surface area contributed by atoms with E-state index >= 15 is 0 Å². The van der Waals surface area contributed by atoms with Gasteiger partial charge in [-0.15, -0.1) is 0 Å². The van der Waals surface area contributed by atoms with Crippen LogP contribution in [0, 0.1) is 10.1 Å². The Bertz CT molecular complexity index is 1310. The van der Waals surface area contributed by atoms with Crippen molar-refractivity contribution in [3.8, 4) is 11.8 Å². The summed E-state index contributed by atoms with van der Waals surface area (Å²) in [6.07, 6.45) is 0. The number of benzene rings is 2. The van der Waals surface area contributed by atoms with Gasteiger partial charge in [-0.1, -0.05) is 17.7 Å². The summed E-state index contributed by atoms with van der Waals surface area (Å²) in [5.41, 5.74) is -0.129. The Morgan fingerprint density at radius 1 is 1.03 bits per heavy atom. The Hall–Kier alpha value is -3.22. The van der Waals surface area contributed by atoms with Crippen LogP contribution in [0.3, 0.4) is 0 Å². The largest absolute Gasteiger partial charge is 0.481 e. The lowest BCUT2D eigenvalue weighted by Crippen LogP contribution is -2.15. The van der Waals surface area contributed by atoms with E-state index in [1.165, 1.54) is 50.6 Å². The van der Waals surface area contributed by atoms with Crippen LogP contribution in [0.4, 0.5) is 5.69 Å². The Kier molecular flexibility index (Phi) is 9.46. The van der Waals surface area contributed by atoms with Crippen LogP contribution < -0.4 is 9.47 Å². The number of non-ortho nitro benzene ring substituents is 1. The minimum atomic E-state index is -4.07. The molecule has 1 unspecified atom stereocenters. The average Bonchev–Trinajstić information content (AvgIpc) is 2.91. The molecule has 12 nitrogen and oxygen atoms in total. The lowest BCUT2D eigenvalue weighted by molar-refractivity contribution is -0.384. The molecule has 0 N–H and O–H groups in total. The monoisotopic (exact) mass is 569 g/mol. The number of esters is 1. The summed E-state index contributed by atoms with van der Waals surface area (Å²) in [6.45, 7) is 0. The zero-order valence-electron chi connectivity index (χ0n) is 19.9. The maximum absolute atomic E-state index is 13.4. The van der Waals surface area contributed by atoms with Gasteiger partial charge in [0.15, 0.2) is 5.16 Å². The minimum absolute atomic E-state index is 0.0389. The molecular formula is C22H21ClN3O9PS. The first-order chi connectivity index (χ1) is 17.6. The van der Waals surface area contributed by atoms with Crippen molar-refractivity contribution in [3.05, 3.63) is 74.8 Å². The topological polar surface area (TPSA) is 149 Å². The zero-order chi connectivity index (χ0) is 27.2. The molecule has 15 heteroatoms. The number of nitrogens with zero attached hydrogens (tertiary/aromatic N) is 3. The number of ether oxygens (including phenoxy) is 3. The molecule has 196 valence electrons. The molecule has 0 radical (unpaired) electrons. The molecule has 0 spiro atoms. The third kappa shape index (κ3) is 6.56. The summed E-state index contributed by atoms with van der Waals surface area (Å²) in [5, 5.41) is 11.3. The number of aromatic nitrogens is 2. The van der Waals surface area contributed by atoms with E-state index in [9.17, 15) is 19.5 Å². The average molecular weight is 570 g/mol. The first-order valence-corrected chi connectivity index (χ1v) is 13.1. The van der Waals surface area contributed by atoms with Gasteiger partial charge in [-0.25, -0.2) is 4.79 Å². The molecule has 1 heterocycles. The quantitative estimate of drug-likeness (QED) is 0.0936. The van der Waals surface area contributed by atoms with Gasteiger partial charge in [0.25, 0.3) is 5.69 Å². The van der Waals surface area contributed by atoms with Crippen molar-refractivity contribution in [3.63, 3.8) is 0 Å². The molecule has 3 aromatic rings. The zero-order valence-corrected chi connectivity index (χ0v) is 22.4. The molecule has 0 aliphatic heterocycles. The van der Waals surface area contributed by atoms with Crippen LogP contribution >= 0.6 is 31.0 Å². The van der Waals surface area contributed by atoms with Gasteiger partial charge in [0.1, 0.15) is 0 Å². The fourth-order valence-corrected chi connectivity index (χ4v) is 5.54. The second-order valence-corrected chi connectivity index (χ2v) is 10.7. The molecule has 1 atom stereocenters. The van der Waals surface area contributed by atoms with Crippen molar-refractivity contribution in [2.75, 3.05) is 28.4 Å². The molecule has 37 heavy (non-hydrogen) atoms. The fraction of sp³-hybridized carbons (Fsp3) is 0.227. The van der Waals surface area contributed by atoms with E-state index in [1.54, 1.807) is 12.1 Å². The predicted octanol–water partition coefficient (Wildman–Crippen LogP) is 5.55. The summed E-state index contributed by atoms with van der Waals surface area (Å²) >= 11 is 7.35. The summed E-state index contributed by atoms with van der Waals surface area (Å²) in [4.78, 5) is 32.6. The summed E-state index contributed by atoms with van der Waals surface area (Å²) in [5.74, 6) is -2.04. The highest BCUT2D eigenvalue weighted by atomic mass is 35.5. The third-order valence-electron chi connectivity index (χ3n) is 4.86. The lowest BCUT2D eigenvalue weighted by Gasteiger charge is -2.25. The second kappa shape index (κ2) is 12.3. The molecule has 3 rings (SSSR count). The number of rotatable bonds is 11. The van der Waals surface area contributed by atoms with E-state index in [2.05, 4.69) is 9.97 Å². The van der Waals surface area contributed by atoms with E-state index in [1.807, 2.05) is 0 Å². The maximum atomic E-state index is 13.4. The van der Waals surface area contributed by atoms with Gasteiger partial charge in [-0.05, 0) is 36.0 Å². The predicted molar refractivity (Wildman–Crippen MR) is 134 cm³/mol. The van der Waals surface area contributed by atoms with Crippen molar-refractivity contribution in [1.29, 1.82) is 0 Å². The van der Waals surface area contributed by atoms with Crippen molar-refractivity contribution >= 4 is 42.6 Å². The number of halogens is 1. The number of nitro groups is 1. The molecular weight excluding hydrogens is 549 g/mol. The van der Waals surface area contributed by atoms with Gasteiger partial charge in [-0.2, -0.15) is 9.97 Å². The van der Waals surface area contributed by atoms with Crippen LogP contribution in [0.5, 0.6) is 11.8 Å². The van der Waals surface area contributed by atoms with Gasteiger partial charge >= 0.3 is 13.6 Å². The Labute approximate surface area is 220 Å². The van der Waals surface area contributed by atoms with Crippen LogP contribution in [-0.2, 0) is 18.3 Å². The van der Waals surface area contributed by atoms with Gasteiger partial charge in [0.2, 0.25) is 17.6 Å². The second-order valence-electron chi connectivity index (χ2n) is 6.96. The SMILES string of the molecule is COc1cc(OC)nc(Sc2cccc(Cl)c2C(=O)OC(c2ccc([N+](=O)[O-])cc2)P(=O)(OC)OC)n1. The molecule has 0 amide bonds. The summed E-state index contributed by atoms with van der Waals surface area (Å²) in [6, 6.07) is 11.1. The van der Waals surface area contributed by atoms with E-state index < -0.39 is 24.3 Å². The standard InChI is InChI=1S/C22H21ClN3O9PS/c1-31-17-12-18(32-2)25-22(24-17)37-16-7-5-6-15(23)19(16)20(27)35-21(36(30,33-3)34-4)13-8-10-14(11-9-13)26(28)29/h5-12,21H,1-4H3. The van der Waals surface area contributed by atoms with Crippen LogP contribution in [0.15, 0.2) is 58.6 Å². The van der Waals surface area contributed by atoms with Gasteiger partial charge in [-0.3, -0.25) is 14.7 Å². The van der Waals surface area contributed by atoms with Gasteiger partial charge in [0, 0.05) is 36.8 Å². The summed E-state index contributed by atoms with van der Waals surface area (Å²) in [7, 11) is 1.05. The molecule has 0 aliphatic carbocycles. The molecule has 0 saturated heterocycles. The van der Waals surface area contributed by atoms with Crippen LogP contribution in [0.1, 0.15) is 21.8 Å². The van der Waals surface area contributed by atoms with Crippen molar-refractivity contribution in [2.24, 2.45) is 0 Å². The fourth-order valence-electron chi connectivity index (χ4n) is 3.03. The first-order valence-electron chi connectivity index (χ1n) is 10.3. The van der Waals surface area contributed by atoms with Crippen LogP contribution in [-0.4, -0.2) is 49.3 Å². The summed E-state index contributed by atoms with van der Waals surface area (Å²) < 4.78 is 39.3. The highest BCUT2D eigenvalue weighted by Gasteiger charge is 2.40. The van der Waals surface area contributed by atoms with E-state index in [4.69, 9.17) is 34.9 Å². The van der Waals surface area contributed by atoms with E-state index in [-0.39, 0.29) is 38.8 Å². The number of hydrogen-bond donors (Lipinski definition) is 0. The third-order valence-corrected chi connectivity index (χ3v) is 8.10. The molecule has 0 fully saturated rings. The highest BCUT2D eigenvalue weighted by molar-refractivity contribution is 7.99. The van der Waals surface area contributed by atoms with Gasteiger partial charge in [0.05, 0.1) is 35.8 Å². The molecule has 0 bridgehead atoms. The minimum Gasteiger partial charge on any atom is -0.481 e. The van der Waals surface area contributed by atoms with Crippen molar-refractivity contribution in [2.45, 2.75) is 15.9 Å². The molecule has 0 aliphatic rings. The Morgan fingerprint density at radius 2 is 1.62 bits per heavy atom. The maximum Gasteiger partial charge on any atom is 0.375 e. The normalized spacial score (nSPS) is 12.0. The van der Waals surface area contributed by atoms with Gasteiger partial charge < -0.3 is 23.3 Å². The van der Waals surface area contributed by atoms with E-state index in [0.29, 0.717) is 4.90 Å². The Balaban J connectivity index is 2.01.